The normalized spacial score (nSPS) is 9.18. The van der Waals surface area contributed by atoms with E-state index in [2.05, 4.69) is 20.8 Å². The Hall–Kier alpha value is -1.17. The fraction of sp³-hybridized carbons (Fsp3) is 0.400. The number of rotatable bonds is 2. The number of hydrogen-bond donors (Lipinski definition) is 2. The highest BCUT2D eigenvalue weighted by molar-refractivity contribution is 7.09. The van der Waals surface area contributed by atoms with Gasteiger partial charge in [0.15, 0.2) is 0 Å². The minimum absolute atomic E-state index is 0.208. The number of urea groups is 1. The molecule has 1 rings (SSSR count). The molecule has 0 atom stereocenters. The zero-order chi connectivity index (χ0) is 8.10. The van der Waals surface area contributed by atoms with Gasteiger partial charge in [0.25, 0.3) is 0 Å². The Bertz CT molecular complexity index is 222. The van der Waals surface area contributed by atoms with E-state index in [1.54, 1.807) is 12.6 Å². The lowest BCUT2D eigenvalue weighted by molar-refractivity contribution is 0.242. The van der Waals surface area contributed by atoms with Gasteiger partial charge < -0.3 is 10.6 Å². The highest BCUT2D eigenvalue weighted by Crippen LogP contribution is 1.98. The average molecular weight is 172 g/mol. The van der Waals surface area contributed by atoms with Crippen molar-refractivity contribution in [2.75, 3.05) is 7.05 Å². The van der Waals surface area contributed by atoms with Crippen LogP contribution >= 0.6 is 11.3 Å². The third-order valence-corrected chi connectivity index (χ3v) is 1.73. The van der Waals surface area contributed by atoms with Crippen molar-refractivity contribution < 1.29 is 4.79 Å². The third kappa shape index (κ3) is 2.50. The number of hydrogen-bond acceptors (Lipinski definition) is 4. The van der Waals surface area contributed by atoms with Crippen molar-refractivity contribution >= 4 is 17.4 Å². The summed E-state index contributed by atoms with van der Waals surface area (Å²) >= 11 is 1.41. The quantitative estimate of drug-likeness (QED) is 0.658. The molecule has 2 amide bonds. The van der Waals surface area contributed by atoms with E-state index < -0.39 is 0 Å². The van der Waals surface area contributed by atoms with Crippen LogP contribution in [0.15, 0.2) is 5.51 Å². The Morgan fingerprint density at radius 2 is 2.64 bits per heavy atom. The van der Waals surface area contributed by atoms with Gasteiger partial charge in [0.1, 0.15) is 10.5 Å². The van der Waals surface area contributed by atoms with E-state index in [4.69, 9.17) is 0 Å². The largest absolute Gasteiger partial charge is 0.341 e. The maximum Gasteiger partial charge on any atom is 0.314 e. The number of carbonyl (C=O) groups is 1. The van der Waals surface area contributed by atoms with E-state index in [-0.39, 0.29) is 6.03 Å². The first-order valence-electron chi connectivity index (χ1n) is 3.03. The predicted molar refractivity (Wildman–Crippen MR) is 41.2 cm³/mol. The molecule has 0 radical (unpaired) electrons. The molecule has 6 heteroatoms. The number of carbonyl (C=O) groups excluding carboxylic acids is 1. The molecule has 0 aliphatic rings. The molecule has 11 heavy (non-hydrogen) atoms. The second kappa shape index (κ2) is 3.87. The minimum Gasteiger partial charge on any atom is -0.341 e. The number of aromatic nitrogens is 2. The van der Waals surface area contributed by atoms with Crippen molar-refractivity contribution in [1.82, 2.24) is 20.8 Å². The van der Waals surface area contributed by atoms with Crippen molar-refractivity contribution in [3.05, 3.63) is 10.5 Å². The first kappa shape index (κ1) is 7.93. The van der Waals surface area contributed by atoms with E-state index in [0.717, 1.165) is 5.01 Å². The Morgan fingerprint density at radius 1 is 1.82 bits per heavy atom. The second-order valence-electron chi connectivity index (χ2n) is 1.77. The molecule has 0 saturated carbocycles. The monoisotopic (exact) mass is 172 g/mol. The van der Waals surface area contributed by atoms with Crippen LogP contribution in [0.25, 0.3) is 0 Å². The van der Waals surface area contributed by atoms with Crippen molar-refractivity contribution in [2.24, 2.45) is 0 Å². The topological polar surface area (TPSA) is 66.9 Å². The average Bonchev–Trinajstić information content (AvgIpc) is 2.52. The van der Waals surface area contributed by atoms with Gasteiger partial charge in [-0.1, -0.05) is 0 Å². The third-order valence-electron chi connectivity index (χ3n) is 1.03. The molecule has 1 aromatic heterocycles. The summed E-state index contributed by atoms with van der Waals surface area (Å²) in [6, 6.07) is -0.208. The van der Waals surface area contributed by atoms with Gasteiger partial charge in [-0.15, -0.1) is 21.5 Å². The lowest BCUT2D eigenvalue weighted by Gasteiger charge is -1.98. The molecule has 2 N–H and O–H groups in total. The summed E-state index contributed by atoms with van der Waals surface area (Å²) in [4.78, 5) is 10.6. The molecule has 1 heterocycles. The van der Waals surface area contributed by atoms with Gasteiger partial charge in [-0.3, -0.25) is 0 Å². The molecule has 0 unspecified atom stereocenters. The zero-order valence-corrected chi connectivity index (χ0v) is 6.81. The van der Waals surface area contributed by atoms with Gasteiger partial charge in [-0.2, -0.15) is 0 Å². The fourth-order valence-corrected chi connectivity index (χ4v) is 0.983. The number of nitrogens with one attached hydrogen (secondary N) is 2. The summed E-state index contributed by atoms with van der Waals surface area (Å²) < 4.78 is 0. The van der Waals surface area contributed by atoms with Crippen molar-refractivity contribution in [2.45, 2.75) is 6.54 Å². The smallest absolute Gasteiger partial charge is 0.314 e. The summed E-state index contributed by atoms with van der Waals surface area (Å²) in [6.45, 7) is 0.435. The van der Waals surface area contributed by atoms with Crippen LogP contribution < -0.4 is 10.6 Å². The maximum atomic E-state index is 10.6. The van der Waals surface area contributed by atoms with Gasteiger partial charge in [-0.05, 0) is 0 Å². The van der Waals surface area contributed by atoms with Gasteiger partial charge in [0, 0.05) is 7.05 Å². The van der Waals surface area contributed by atoms with Crippen LogP contribution in [0.1, 0.15) is 5.01 Å². The molecule has 0 spiro atoms. The summed E-state index contributed by atoms with van der Waals surface area (Å²) in [5.41, 5.74) is 1.63. The van der Waals surface area contributed by atoms with Crippen LogP contribution in [0.5, 0.6) is 0 Å². The van der Waals surface area contributed by atoms with E-state index in [1.807, 2.05) is 0 Å². The summed E-state index contributed by atoms with van der Waals surface area (Å²) in [5.74, 6) is 0. The molecular weight excluding hydrogens is 164 g/mol. The first-order valence-corrected chi connectivity index (χ1v) is 3.91. The molecule has 0 fully saturated rings. The Labute approximate surface area is 67.8 Å². The van der Waals surface area contributed by atoms with E-state index >= 15 is 0 Å². The predicted octanol–water partition coefficient (Wildman–Crippen LogP) is -0.0329. The van der Waals surface area contributed by atoms with Crippen LogP contribution in [-0.4, -0.2) is 23.3 Å². The van der Waals surface area contributed by atoms with Gasteiger partial charge in [0.05, 0.1) is 6.54 Å². The molecule has 0 aromatic carbocycles. The highest BCUT2D eigenvalue weighted by Gasteiger charge is 1.98. The molecule has 5 nitrogen and oxygen atoms in total. The number of nitrogens with zero attached hydrogens (tertiary/aromatic N) is 2. The van der Waals surface area contributed by atoms with Crippen LogP contribution in [0, 0.1) is 0 Å². The van der Waals surface area contributed by atoms with Crippen LogP contribution in [0.2, 0.25) is 0 Å². The maximum absolute atomic E-state index is 10.6. The Morgan fingerprint density at radius 3 is 3.18 bits per heavy atom. The van der Waals surface area contributed by atoms with Crippen LogP contribution in [-0.2, 0) is 6.54 Å². The SMILES string of the molecule is CNC(=O)NCc1nncs1. The van der Waals surface area contributed by atoms with E-state index in [0.29, 0.717) is 6.54 Å². The van der Waals surface area contributed by atoms with E-state index in [9.17, 15) is 4.79 Å². The Kier molecular flexibility index (Phi) is 2.79. The summed E-state index contributed by atoms with van der Waals surface area (Å²) in [5, 5.41) is 13.2. The lowest BCUT2D eigenvalue weighted by Crippen LogP contribution is -2.32. The van der Waals surface area contributed by atoms with Crippen molar-refractivity contribution in [3.8, 4) is 0 Å². The molecule has 0 aliphatic heterocycles. The second-order valence-corrected chi connectivity index (χ2v) is 2.68. The van der Waals surface area contributed by atoms with Gasteiger partial charge >= 0.3 is 6.03 Å². The highest BCUT2D eigenvalue weighted by atomic mass is 32.1. The zero-order valence-electron chi connectivity index (χ0n) is 6.00. The first-order chi connectivity index (χ1) is 5.33. The molecule has 0 saturated heterocycles. The van der Waals surface area contributed by atoms with Crippen LogP contribution in [0.3, 0.4) is 0 Å². The lowest BCUT2D eigenvalue weighted by atomic mass is 10.7. The molecule has 0 aliphatic carbocycles. The molecular formula is C5H8N4OS. The van der Waals surface area contributed by atoms with Crippen molar-refractivity contribution in [1.29, 1.82) is 0 Å². The molecule has 60 valence electrons. The van der Waals surface area contributed by atoms with Crippen LogP contribution in [0.4, 0.5) is 4.79 Å². The van der Waals surface area contributed by atoms with E-state index in [1.165, 1.54) is 11.3 Å². The minimum atomic E-state index is -0.208. The Balaban J connectivity index is 2.29. The standard InChI is InChI=1S/C5H8N4OS/c1-6-5(10)7-2-4-9-8-3-11-4/h3H,2H2,1H3,(H2,6,7,10). The fourth-order valence-electron chi connectivity index (χ4n) is 0.517. The number of amides is 2. The molecule has 1 aromatic rings. The summed E-state index contributed by atoms with van der Waals surface area (Å²) in [6.07, 6.45) is 0. The van der Waals surface area contributed by atoms with Gasteiger partial charge in [-0.25, -0.2) is 4.79 Å². The molecule has 0 bridgehead atoms. The van der Waals surface area contributed by atoms with Crippen molar-refractivity contribution in [3.63, 3.8) is 0 Å². The summed E-state index contributed by atoms with van der Waals surface area (Å²) in [7, 11) is 1.56. The van der Waals surface area contributed by atoms with Gasteiger partial charge in [0.2, 0.25) is 0 Å².